The molecule has 1 atom stereocenters. The first kappa shape index (κ1) is 24.6. The van der Waals surface area contributed by atoms with E-state index in [9.17, 15) is 14.4 Å². The number of amides is 1. The number of nitrogens with zero attached hydrogens (tertiary/aromatic N) is 4. The van der Waals surface area contributed by atoms with E-state index in [4.69, 9.17) is 9.47 Å². The molecule has 36 heavy (non-hydrogen) atoms. The van der Waals surface area contributed by atoms with E-state index in [1.54, 1.807) is 44.4 Å². The highest BCUT2D eigenvalue weighted by atomic mass is 16.5. The molecule has 2 N–H and O–H groups in total. The monoisotopic (exact) mass is 490 g/mol. The van der Waals surface area contributed by atoms with Crippen molar-refractivity contribution in [1.82, 2.24) is 24.9 Å². The van der Waals surface area contributed by atoms with Gasteiger partial charge in [0, 0.05) is 17.7 Å². The number of nitrogens with one attached hydrogen (secondary N) is 2. The van der Waals surface area contributed by atoms with E-state index in [0.717, 1.165) is 11.0 Å². The molecule has 0 spiro atoms. The zero-order chi connectivity index (χ0) is 25.5. The number of rotatable bonds is 10. The Balaban J connectivity index is 1.47. The SMILES string of the molecule is CCOC(=O)CC[C@H](NC(=O)c1ccc(Nc2nc3ccccc3n3cnnc23)cc1)C(=O)OCC. The number of ether oxygens (including phenoxy) is 2. The van der Waals surface area contributed by atoms with Crippen molar-refractivity contribution in [3.8, 4) is 0 Å². The standard InChI is InChI=1S/C25H26N6O5/c1-3-35-21(32)14-13-19(25(34)36-4-2)29-24(33)16-9-11-17(12-10-16)27-22-23-30-26-15-31(23)20-8-6-5-7-18(20)28-22/h5-12,15,19H,3-4,13-14H2,1-2H3,(H,27,28)(H,29,33)/t19-/m0/s1. The molecule has 0 fully saturated rings. The lowest BCUT2D eigenvalue weighted by atomic mass is 10.1. The number of anilines is 2. The molecule has 0 radical (unpaired) electrons. The number of para-hydroxylation sites is 2. The van der Waals surface area contributed by atoms with Crippen molar-refractivity contribution >= 4 is 46.0 Å². The highest BCUT2D eigenvalue weighted by Gasteiger charge is 2.24. The molecule has 4 rings (SSSR count). The molecule has 0 aliphatic heterocycles. The van der Waals surface area contributed by atoms with Gasteiger partial charge in [0.25, 0.3) is 5.91 Å². The van der Waals surface area contributed by atoms with Gasteiger partial charge in [-0.1, -0.05) is 12.1 Å². The third-order valence-corrected chi connectivity index (χ3v) is 5.36. The lowest BCUT2D eigenvalue weighted by Crippen LogP contribution is -2.42. The van der Waals surface area contributed by atoms with Crippen molar-refractivity contribution in [3.63, 3.8) is 0 Å². The molecule has 4 aromatic rings. The van der Waals surface area contributed by atoms with Gasteiger partial charge in [-0.25, -0.2) is 9.78 Å². The molecule has 1 amide bonds. The molecule has 11 heteroatoms. The number of carbonyl (C=O) groups is 3. The number of carbonyl (C=O) groups excluding carboxylic acids is 3. The van der Waals surface area contributed by atoms with Crippen LogP contribution in [0.2, 0.25) is 0 Å². The summed E-state index contributed by atoms with van der Waals surface area (Å²) in [5.41, 5.74) is 3.24. The Hall–Kier alpha value is -4.54. The Morgan fingerprint density at radius 2 is 1.75 bits per heavy atom. The summed E-state index contributed by atoms with van der Waals surface area (Å²) in [6, 6.07) is 13.4. The maximum absolute atomic E-state index is 12.8. The average Bonchev–Trinajstić information content (AvgIpc) is 3.38. The fourth-order valence-electron chi connectivity index (χ4n) is 3.66. The summed E-state index contributed by atoms with van der Waals surface area (Å²) in [5.74, 6) is -0.995. The van der Waals surface area contributed by atoms with E-state index in [1.165, 1.54) is 0 Å². The number of hydrogen-bond acceptors (Lipinski definition) is 9. The largest absolute Gasteiger partial charge is 0.466 e. The maximum atomic E-state index is 12.8. The van der Waals surface area contributed by atoms with E-state index >= 15 is 0 Å². The first-order chi connectivity index (χ1) is 17.5. The first-order valence-electron chi connectivity index (χ1n) is 11.6. The van der Waals surface area contributed by atoms with Crippen LogP contribution in [-0.2, 0) is 19.1 Å². The van der Waals surface area contributed by atoms with Crippen molar-refractivity contribution in [2.75, 3.05) is 18.5 Å². The number of esters is 2. The van der Waals surface area contributed by atoms with Gasteiger partial charge in [0.2, 0.25) is 5.65 Å². The molecule has 0 unspecified atom stereocenters. The van der Waals surface area contributed by atoms with Crippen LogP contribution in [0.15, 0.2) is 54.9 Å². The minimum absolute atomic E-state index is 0.0175. The molecular weight excluding hydrogens is 464 g/mol. The van der Waals surface area contributed by atoms with Gasteiger partial charge in [0.05, 0.1) is 24.2 Å². The fourth-order valence-corrected chi connectivity index (χ4v) is 3.66. The lowest BCUT2D eigenvalue weighted by Gasteiger charge is -2.17. The quantitative estimate of drug-likeness (QED) is 0.321. The van der Waals surface area contributed by atoms with Crippen LogP contribution in [-0.4, -0.2) is 56.7 Å². The summed E-state index contributed by atoms with van der Waals surface area (Å²) in [7, 11) is 0. The van der Waals surface area contributed by atoms with E-state index < -0.39 is 23.9 Å². The number of hydrogen-bond donors (Lipinski definition) is 2. The summed E-state index contributed by atoms with van der Waals surface area (Å²) in [6.45, 7) is 3.78. The molecule has 0 aliphatic rings. The van der Waals surface area contributed by atoms with Crippen LogP contribution >= 0.6 is 0 Å². The van der Waals surface area contributed by atoms with Gasteiger partial charge in [-0.2, -0.15) is 0 Å². The van der Waals surface area contributed by atoms with Crippen LogP contribution in [0.1, 0.15) is 37.0 Å². The Morgan fingerprint density at radius 3 is 2.50 bits per heavy atom. The average molecular weight is 491 g/mol. The van der Waals surface area contributed by atoms with Crippen LogP contribution in [0.5, 0.6) is 0 Å². The number of fused-ring (bicyclic) bond motifs is 3. The third kappa shape index (κ3) is 5.57. The summed E-state index contributed by atoms with van der Waals surface area (Å²) in [5, 5.41) is 14.0. The Bertz CT molecular complexity index is 1380. The molecule has 2 aromatic heterocycles. The molecule has 186 valence electrons. The Kier molecular flexibility index (Phi) is 7.69. The Labute approximate surface area is 206 Å². The third-order valence-electron chi connectivity index (χ3n) is 5.36. The van der Waals surface area contributed by atoms with Crippen LogP contribution in [0.4, 0.5) is 11.5 Å². The van der Waals surface area contributed by atoms with Gasteiger partial charge in [0.1, 0.15) is 12.4 Å². The van der Waals surface area contributed by atoms with Gasteiger partial charge in [0.15, 0.2) is 5.82 Å². The molecular formula is C25H26N6O5. The van der Waals surface area contributed by atoms with Gasteiger partial charge in [-0.15, -0.1) is 10.2 Å². The van der Waals surface area contributed by atoms with Crippen molar-refractivity contribution in [2.45, 2.75) is 32.7 Å². The van der Waals surface area contributed by atoms with Crippen molar-refractivity contribution in [2.24, 2.45) is 0 Å². The summed E-state index contributed by atoms with van der Waals surface area (Å²) in [6.07, 6.45) is 1.68. The number of aromatic nitrogens is 4. The molecule has 0 aliphatic carbocycles. The lowest BCUT2D eigenvalue weighted by molar-refractivity contribution is -0.146. The first-order valence-corrected chi connectivity index (χ1v) is 11.6. The van der Waals surface area contributed by atoms with Crippen LogP contribution < -0.4 is 10.6 Å². The zero-order valence-corrected chi connectivity index (χ0v) is 19.9. The highest BCUT2D eigenvalue weighted by molar-refractivity contribution is 5.97. The predicted molar refractivity (Wildman–Crippen MR) is 132 cm³/mol. The smallest absolute Gasteiger partial charge is 0.328 e. The second-order valence-electron chi connectivity index (χ2n) is 7.80. The second kappa shape index (κ2) is 11.3. The highest BCUT2D eigenvalue weighted by Crippen LogP contribution is 2.23. The molecule has 0 saturated heterocycles. The summed E-state index contributed by atoms with van der Waals surface area (Å²) in [4.78, 5) is 41.4. The molecule has 2 heterocycles. The molecule has 0 bridgehead atoms. The normalized spacial score (nSPS) is 11.7. The number of benzene rings is 2. The van der Waals surface area contributed by atoms with Gasteiger partial charge in [-0.05, 0) is 56.7 Å². The minimum Gasteiger partial charge on any atom is -0.466 e. The van der Waals surface area contributed by atoms with Gasteiger partial charge < -0.3 is 20.1 Å². The zero-order valence-electron chi connectivity index (χ0n) is 19.9. The van der Waals surface area contributed by atoms with Gasteiger partial charge >= 0.3 is 11.9 Å². The van der Waals surface area contributed by atoms with Crippen molar-refractivity contribution < 1.29 is 23.9 Å². The predicted octanol–water partition coefficient (Wildman–Crippen LogP) is 3.03. The van der Waals surface area contributed by atoms with Crippen molar-refractivity contribution in [1.29, 1.82) is 0 Å². The molecule has 0 saturated carbocycles. The van der Waals surface area contributed by atoms with E-state index in [1.807, 2.05) is 28.7 Å². The van der Waals surface area contributed by atoms with Gasteiger partial charge in [-0.3, -0.25) is 14.0 Å². The van der Waals surface area contributed by atoms with Crippen molar-refractivity contribution in [3.05, 3.63) is 60.4 Å². The second-order valence-corrected chi connectivity index (χ2v) is 7.80. The van der Waals surface area contributed by atoms with E-state index in [0.29, 0.717) is 22.7 Å². The van der Waals surface area contributed by atoms with E-state index in [-0.39, 0.29) is 26.1 Å². The van der Waals surface area contributed by atoms with Crippen LogP contribution in [0.25, 0.3) is 16.7 Å². The fraction of sp³-hybridized carbons (Fsp3) is 0.280. The summed E-state index contributed by atoms with van der Waals surface area (Å²) >= 11 is 0. The van der Waals surface area contributed by atoms with Crippen LogP contribution in [0.3, 0.4) is 0 Å². The minimum atomic E-state index is -0.970. The maximum Gasteiger partial charge on any atom is 0.328 e. The molecule has 11 nitrogen and oxygen atoms in total. The summed E-state index contributed by atoms with van der Waals surface area (Å²) < 4.78 is 11.8. The van der Waals surface area contributed by atoms with Crippen LogP contribution in [0, 0.1) is 0 Å². The molecule has 2 aromatic carbocycles. The Morgan fingerprint density at radius 1 is 1.00 bits per heavy atom. The van der Waals surface area contributed by atoms with E-state index in [2.05, 4.69) is 25.8 Å². The topological polar surface area (TPSA) is 137 Å².